The van der Waals surface area contributed by atoms with Crippen molar-refractivity contribution in [2.45, 2.75) is 30.7 Å². The Kier molecular flexibility index (Phi) is 3.78. The zero-order chi connectivity index (χ0) is 19.6. The first-order chi connectivity index (χ1) is 13.3. The molecule has 1 N–H and O–H groups in total. The van der Waals surface area contributed by atoms with E-state index in [1.807, 2.05) is 0 Å². The maximum Gasteiger partial charge on any atom is 0.416 e. The third-order valence-corrected chi connectivity index (χ3v) is 6.04. The van der Waals surface area contributed by atoms with Crippen LogP contribution in [-0.4, -0.2) is 23.1 Å². The monoisotopic (exact) mass is 394 g/mol. The quantitative estimate of drug-likeness (QED) is 0.626. The summed E-state index contributed by atoms with van der Waals surface area (Å²) in [6.07, 6.45) is -2.64. The number of nitrogens with zero attached hydrogens (tertiary/aromatic N) is 1. The maximum atomic E-state index is 13.6. The minimum Gasteiger partial charge on any atom is -0.373 e. The van der Waals surface area contributed by atoms with Crippen LogP contribution in [0.2, 0.25) is 0 Å². The number of carbonyl (C=O) groups is 1. The normalized spacial score (nSPS) is 32.9. The molecule has 2 saturated heterocycles. The Balaban J connectivity index is 0.00000205. The summed E-state index contributed by atoms with van der Waals surface area (Å²) in [7, 11) is 0. The Hall–Kier alpha value is -2.48. The van der Waals surface area contributed by atoms with Gasteiger partial charge in [0.2, 0.25) is 11.9 Å². The van der Waals surface area contributed by atoms with Crippen molar-refractivity contribution in [3.05, 3.63) is 59.7 Å². The molecule has 3 fully saturated rings. The van der Waals surface area contributed by atoms with Gasteiger partial charge in [0.15, 0.2) is 0 Å². The summed E-state index contributed by atoms with van der Waals surface area (Å²) >= 11 is 0. The fraction of sp³-hybridized carbons (Fsp3) is 0.400. The lowest BCUT2D eigenvalue weighted by atomic mass is 9.75. The molecule has 2 unspecified atom stereocenters. The second kappa shape index (κ2) is 6.01. The summed E-state index contributed by atoms with van der Waals surface area (Å²) < 4.78 is 58.4. The predicted molar refractivity (Wildman–Crippen MR) is 92.9 cm³/mol. The van der Waals surface area contributed by atoms with E-state index in [-0.39, 0.29) is 25.2 Å². The van der Waals surface area contributed by atoms with Gasteiger partial charge in [0.05, 0.1) is 23.7 Å². The number of pyridine rings is 1. The minimum atomic E-state index is -4.49. The van der Waals surface area contributed by atoms with Crippen molar-refractivity contribution in [3.63, 3.8) is 0 Å². The first kappa shape index (κ1) is 17.6. The molecule has 2 aliphatic heterocycles. The van der Waals surface area contributed by atoms with Crippen LogP contribution < -0.4 is 5.32 Å². The van der Waals surface area contributed by atoms with Crippen molar-refractivity contribution in [3.8, 4) is 0 Å². The van der Waals surface area contributed by atoms with E-state index >= 15 is 0 Å². The van der Waals surface area contributed by atoms with Crippen molar-refractivity contribution >= 4 is 11.6 Å². The van der Waals surface area contributed by atoms with Crippen LogP contribution in [0.5, 0.6) is 0 Å². The molecule has 3 aliphatic rings. The molecule has 0 spiro atoms. The number of anilines is 1. The van der Waals surface area contributed by atoms with E-state index in [9.17, 15) is 22.4 Å². The van der Waals surface area contributed by atoms with E-state index in [4.69, 9.17) is 4.74 Å². The molecule has 1 saturated carbocycles. The van der Waals surface area contributed by atoms with E-state index in [1.165, 1.54) is 24.4 Å². The number of fused-ring (bicyclic) bond motifs is 5. The molecule has 4 nitrogen and oxygen atoms in total. The van der Waals surface area contributed by atoms with Crippen molar-refractivity contribution in [2.75, 3.05) is 5.32 Å². The van der Waals surface area contributed by atoms with Gasteiger partial charge in [-0.2, -0.15) is 17.6 Å². The lowest BCUT2D eigenvalue weighted by molar-refractivity contribution is -0.137. The highest BCUT2D eigenvalue weighted by Crippen LogP contribution is 2.65. The molecular formula is C20H18F4N2O2. The van der Waals surface area contributed by atoms with Gasteiger partial charge in [-0.15, -0.1) is 0 Å². The van der Waals surface area contributed by atoms with Crippen LogP contribution in [0.25, 0.3) is 0 Å². The van der Waals surface area contributed by atoms with Crippen molar-refractivity contribution in [1.29, 1.82) is 0 Å². The maximum absolute atomic E-state index is 13.6. The average Bonchev–Trinajstić information content (AvgIpc) is 3.25. The summed E-state index contributed by atoms with van der Waals surface area (Å²) in [6.45, 7) is 0. The zero-order valence-corrected chi connectivity index (χ0v) is 14.5. The predicted octanol–water partition coefficient (Wildman–Crippen LogP) is 4.24. The van der Waals surface area contributed by atoms with Gasteiger partial charge in [0, 0.05) is 19.2 Å². The standard InChI is InChI=1S/C20H16F4N2O2.H2/c21-14-6-9(4-5-25-14)15-16(18-13-8-12(13)17(15)28-18)19(27)26-11-3-1-2-10(7-11)20(22,23)24;/h1-7,12-13,15-18H,8H2,(H,26,27);1H/t12?,13?,15-,16+,17+,18-;/m1./s1. The van der Waals surface area contributed by atoms with E-state index < -0.39 is 29.5 Å². The van der Waals surface area contributed by atoms with Gasteiger partial charge in [-0.25, -0.2) is 4.98 Å². The molecule has 2 bridgehead atoms. The Morgan fingerprint density at radius 2 is 1.96 bits per heavy atom. The summed E-state index contributed by atoms with van der Waals surface area (Å²) in [6, 6.07) is 7.50. The molecule has 5 rings (SSSR count). The van der Waals surface area contributed by atoms with Gasteiger partial charge >= 0.3 is 6.18 Å². The van der Waals surface area contributed by atoms with Crippen LogP contribution in [0.15, 0.2) is 42.6 Å². The van der Waals surface area contributed by atoms with Gasteiger partial charge in [-0.3, -0.25) is 4.79 Å². The molecule has 1 aromatic carbocycles. The third kappa shape index (κ3) is 2.78. The number of amides is 1. The fourth-order valence-corrected chi connectivity index (χ4v) is 4.82. The van der Waals surface area contributed by atoms with Gasteiger partial charge in [-0.1, -0.05) is 6.07 Å². The molecule has 0 radical (unpaired) electrons. The molecule has 1 amide bonds. The number of carbonyl (C=O) groups excluding carboxylic acids is 1. The number of alkyl halides is 3. The number of benzene rings is 1. The topological polar surface area (TPSA) is 51.2 Å². The summed E-state index contributed by atoms with van der Waals surface area (Å²) in [4.78, 5) is 16.6. The van der Waals surface area contributed by atoms with Crippen molar-refractivity contribution in [2.24, 2.45) is 17.8 Å². The molecule has 3 heterocycles. The second-order valence-corrected chi connectivity index (χ2v) is 7.66. The third-order valence-electron chi connectivity index (χ3n) is 6.04. The zero-order valence-electron chi connectivity index (χ0n) is 14.5. The smallest absolute Gasteiger partial charge is 0.373 e. The van der Waals surface area contributed by atoms with Gasteiger partial charge in [-0.05, 0) is 54.2 Å². The van der Waals surface area contributed by atoms with Crippen LogP contribution >= 0.6 is 0 Å². The number of rotatable bonds is 3. The molecule has 2 aromatic rings. The molecule has 8 heteroatoms. The second-order valence-electron chi connectivity index (χ2n) is 7.66. The fourth-order valence-electron chi connectivity index (χ4n) is 4.82. The van der Waals surface area contributed by atoms with Crippen LogP contribution in [0.4, 0.5) is 23.2 Å². The number of ether oxygens (including phenoxy) is 1. The number of nitrogens with one attached hydrogen (secondary N) is 1. The van der Waals surface area contributed by atoms with Crippen LogP contribution in [0, 0.1) is 23.7 Å². The van der Waals surface area contributed by atoms with E-state index in [1.54, 1.807) is 6.07 Å². The highest BCUT2D eigenvalue weighted by atomic mass is 19.4. The highest BCUT2D eigenvalue weighted by Gasteiger charge is 2.68. The largest absolute Gasteiger partial charge is 0.416 e. The van der Waals surface area contributed by atoms with Crippen molar-refractivity contribution in [1.82, 2.24) is 4.98 Å². The van der Waals surface area contributed by atoms with Crippen LogP contribution in [0.3, 0.4) is 0 Å². The van der Waals surface area contributed by atoms with Gasteiger partial charge in [0.1, 0.15) is 0 Å². The Morgan fingerprint density at radius 1 is 1.18 bits per heavy atom. The molecule has 1 aliphatic carbocycles. The lowest BCUT2D eigenvalue weighted by Crippen LogP contribution is -2.37. The van der Waals surface area contributed by atoms with E-state index in [0.717, 1.165) is 18.6 Å². The van der Waals surface area contributed by atoms with Crippen LogP contribution in [-0.2, 0) is 15.7 Å². The van der Waals surface area contributed by atoms with E-state index in [2.05, 4.69) is 10.3 Å². The van der Waals surface area contributed by atoms with Gasteiger partial charge in [0.25, 0.3) is 0 Å². The SMILES string of the molecule is O=C(Nc1cccc(C(F)(F)F)c1)[C@H]1[C@@H](c2ccnc(F)c2)[C@H]2O[C@@H]1C1CC12.[HH]. The lowest BCUT2D eigenvalue weighted by Gasteiger charge is -2.27. The van der Waals surface area contributed by atoms with Gasteiger partial charge < -0.3 is 10.1 Å². The number of halogens is 4. The Bertz CT molecular complexity index is 954. The molecule has 1 aromatic heterocycles. The number of hydrogen-bond donors (Lipinski definition) is 1. The molecule has 148 valence electrons. The first-order valence-electron chi connectivity index (χ1n) is 9.08. The van der Waals surface area contributed by atoms with Crippen molar-refractivity contribution < 1.29 is 28.5 Å². The van der Waals surface area contributed by atoms with Crippen LogP contribution in [0.1, 0.15) is 24.9 Å². The Labute approximate surface area is 159 Å². The number of hydrogen-bond acceptors (Lipinski definition) is 3. The molecular weight excluding hydrogens is 376 g/mol. The molecule has 6 atom stereocenters. The molecule has 28 heavy (non-hydrogen) atoms. The summed E-state index contributed by atoms with van der Waals surface area (Å²) in [5.74, 6) is -1.29. The average molecular weight is 394 g/mol. The van der Waals surface area contributed by atoms with E-state index in [0.29, 0.717) is 17.4 Å². The Morgan fingerprint density at radius 3 is 2.71 bits per heavy atom. The summed E-state index contributed by atoms with van der Waals surface area (Å²) in [5.41, 5.74) is -0.117. The first-order valence-corrected chi connectivity index (χ1v) is 9.08. The minimum absolute atomic E-state index is 0. The number of aromatic nitrogens is 1. The summed E-state index contributed by atoms with van der Waals surface area (Å²) in [5, 5.41) is 2.61. The highest BCUT2D eigenvalue weighted by molar-refractivity contribution is 5.94.